The molecule has 0 saturated heterocycles. The molecule has 8 heteroatoms. The first-order valence-corrected chi connectivity index (χ1v) is 4.68. The molecule has 0 radical (unpaired) electrons. The number of halogens is 3. The van der Waals surface area contributed by atoms with Crippen molar-refractivity contribution in [3.63, 3.8) is 0 Å². The van der Waals surface area contributed by atoms with Crippen LogP contribution >= 0.6 is 0 Å². The van der Waals surface area contributed by atoms with E-state index in [-0.39, 0.29) is 5.69 Å². The minimum Gasteiger partial charge on any atom is -0.271 e. The van der Waals surface area contributed by atoms with E-state index in [4.69, 9.17) is 0 Å². The van der Waals surface area contributed by atoms with Crippen LogP contribution in [0.15, 0.2) is 4.90 Å². The Labute approximate surface area is 79.3 Å². The van der Waals surface area contributed by atoms with Gasteiger partial charge in [-0.15, -0.1) is 0 Å². The second-order valence-corrected chi connectivity index (χ2v) is 3.62. The van der Waals surface area contributed by atoms with Crippen LogP contribution in [0, 0.1) is 6.92 Å². The standard InChI is InChI=1S/C6H7F3N2O2S/c1-3-4(14(12)13)5(6(7,8)9)10-11(3)2/h14H,1-2H3. The van der Waals surface area contributed by atoms with Crippen molar-refractivity contribution >= 4 is 10.7 Å². The molecule has 4 nitrogen and oxygen atoms in total. The molecule has 1 aromatic heterocycles. The summed E-state index contributed by atoms with van der Waals surface area (Å²) in [6.45, 7) is 1.27. The van der Waals surface area contributed by atoms with Gasteiger partial charge in [0.05, 0.1) is 5.69 Å². The molecule has 1 aromatic rings. The topological polar surface area (TPSA) is 52.0 Å². The van der Waals surface area contributed by atoms with Crippen molar-refractivity contribution in [2.75, 3.05) is 0 Å². The van der Waals surface area contributed by atoms with Crippen LogP contribution in [0.2, 0.25) is 0 Å². The van der Waals surface area contributed by atoms with Crippen molar-refractivity contribution in [2.24, 2.45) is 7.05 Å². The number of thiol groups is 1. The average Bonchev–Trinajstić information content (AvgIpc) is 2.27. The minimum absolute atomic E-state index is 0.0200. The van der Waals surface area contributed by atoms with E-state index in [1.165, 1.54) is 14.0 Å². The summed E-state index contributed by atoms with van der Waals surface area (Å²) in [6.07, 6.45) is -4.74. The number of alkyl halides is 3. The molecule has 0 N–H and O–H groups in total. The fourth-order valence-electron chi connectivity index (χ4n) is 1.01. The van der Waals surface area contributed by atoms with E-state index in [9.17, 15) is 21.6 Å². The third-order valence-electron chi connectivity index (χ3n) is 1.75. The molecule has 0 amide bonds. The van der Waals surface area contributed by atoms with Gasteiger partial charge in [0.2, 0.25) is 0 Å². The highest BCUT2D eigenvalue weighted by Crippen LogP contribution is 2.32. The molecule has 0 spiro atoms. The predicted octanol–water partition coefficient (Wildman–Crippen LogP) is 0.718. The highest BCUT2D eigenvalue weighted by atomic mass is 32.2. The molecule has 0 bridgehead atoms. The highest BCUT2D eigenvalue weighted by Gasteiger charge is 2.39. The van der Waals surface area contributed by atoms with E-state index in [1.54, 1.807) is 0 Å². The quantitative estimate of drug-likeness (QED) is 0.720. The van der Waals surface area contributed by atoms with Gasteiger partial charge < -0.3 is 0 Å². The van der Waals surface area contributed by atoms with Crippen molar-refractivity contribution in [1.82, 2.24) is 9.78 Å². The Morgan fingerprint density at radius 3 is 2.14 bits per heavy atom. The van der Waals surface area contributed by atoms with Crippen molar-refractivity contribution in [3.05, 3.63) is 11.4 Å². The van der Waals surface area contributed by atoms with Crippen LogP contribution in [-0.2, 0) is 23.9 Å². The van der Waals surface area contributed by atoms with E-state index < -0.39 is 27.5 Å². The minimum atomic E-state index is -4.74. The van der Waals surface area contributed by atoms with Gasteiger partial charge in [0.25, 0.3) is 0 Å². The van der Waals surface area contributed by atoms with Crippen LogP contribution < -0.4 is 0 Å². The summed E-state index contributed by atoms with van der Waals surface area (Å²) in [5, 5.41) is 3.11. The Bertz CT molecular complexity index is 425. The van der Waals surface area contributed by atoms with Crippen molar-refractivity contribution < 1.29 is 21.6 Å². The first-order chi connectivity index (χ1) is 6.25. The second kappa shape index (κ2) is 3.26. The summed E-state index contributed by atoms with van der Waals surface area (Å²) in [5.74, 6) is 0. The van der Waals surface area contributed by atoms with Crippen LogP contribution in [-0.4, -0.2) is 18.2 Å². The third kappa shape index (κ3) is 1.74. The fraction of sp³-hybridized carbons (Fsp3) is 0.500. The molecule has 0 unspecified atom stereocenters. The van der Waals surface area contributed by atoms with Crippen LogP contribution in [0.5, 0.6) is 0 Å². The molecule has 0 saturated carbocycles. The summed E-state index contributed by atoms with van der Waals surface area (Å²) in [7, 11) is -2.03. The van der Waals surface area contributed by atoms with Gasteiger partial charge in [-0.25, -0.2) is 8.42 Å². The Hall–Kier alpha value is -1.05. The number of nitrogens with zero attached hydrogens (tertiary/aromatic N) is 2. The van der Waals surface area contributed by atoms with Gasteiger partial charge in [-0.3, -0.25) is 4.68 Å². The molecule has 14 heavy (non-hydrogen) atoms. The zero-order valence-electron chi connectivity index (χ0n) is 7.29. The SMILES string of the molecule is Cc1c([SH](=O)=O)c(C(F)(F)F)nn1C. The predicted molar refractivity (Wildman–Crippen MR) is 41.5 cm³/mol. The summed E-state index contributed by atoms with van der Waals surface area (Å²) in [5.41, 5.74) is -1.37. The second-order valence-electron chi connectivity index (χ2n) is 2.66. The van der Waals surface area contributed by atoms with Gasteiger partial charge in [-0.05, 0) is 6.92 Å². The monoisotopic (exact) mass is 228 g/mol. The molecule has 0 aliphatic heterocycles. The molecule has 1 rings (SSSR count). The molecule has 0 aliphatic carbocycles. The van der Waals surface area contributed by atoms with Crippen LogP contribution in [0.4, 0.5) is 13.2 Å². The Morgan fingerprint density at radius 2 is 1.86 bits per heavy atom. The zero-order valence-corrected chi connectivity index (χ0v) is 8.19. The van der Waals surface area contributed by atoms with Gasteiger partial charge >= 0.3 is 6.18 Å². The fourth-order valence-corrected chi connectivity index (χ4v) is 1.76. The molecule has 0 aromatic carbocycles. The number of rotatable bonds is 1. The maximum Gasteiger partial charge on any atom is 0.436 e. The molecule has 0 fully saturated rings. The van der Waals surface area contributed by atoms with Crippen molar-refractivity contribution in [2.45, 2.75) is 18.0 Å². The van der Waals surface area contributed by atoms with Gasteiger partial charge in [-0.2, -0.15) is 18.3 Å². The molecule has 80 valence electrons. The lowest BCUT2D eigenvalue weighted by atomic mass is 10.3. The number of hydrogen-bond acceptors (Lipinski definition) is 3. The lowest BCUT2D eigenvalue weighted by Gasteiger charge is -2.01. The number of aromatic nitrogens is 2. The summed E-state index contributed by atoms with van der Waals surface area (Å²) in [4.78, 5) is -0.755. The maximum atomic E-state index is 12.3. The van der Waals surface area contributed by atoms with Gasteiger partial charge in [0.1, 0.15) is 4.90 Å². The Morgan fingerprint density at radius 1 is 1.36 bits per heavy atom. The molecule has 1 heterocycles. The van der Waals surface area contributed by atoms with E-state index in [2.05, 4.69) is 5.10 Å². The summed E-state index contributed by atoms with van der Waals surface area (Å²) < 4.78 is 58.8. The molecule has 0 atom stereocenters. The Kier molecular flexibility index (Phi) is 2.57. The molecular weight excluding hydrogens is 221 g/mol. The Balaban J connectivity index is 3.53. The van der Waals surface area contributed by atoms with Crippen LogP contribution in [0.25, 0.3) is 0 Å². The first-order valence-electron chi connectivity index (χ1n) is 3.50. The average molecular weight is 228 g/mol. The number of hydrogen-bond donors (Lipinski definition) is 1. The van der Waals surface area contributed by atoms with Crippen LogP contribution in [0.3, 0.4) is 0 Å². The summed E-state index contributed by atoms with van der Waals surface area (Å²) >= 11 is 0. The van der Waals surface area contributed by atoms with Gasteiger partial charge in [0.15, 0.2) is 16.4 Å². The first kappa shape index (κ1) is 11.0. The molecule has 0 aliphatic rings. The van der Waals surface area contributed by atoms with E-state index in [1.807, 2.05) is 0 Å². The molecular formula is C6H7F3N2O2S. The van der Waals surface area contributed by atoms with Gasteiger partial charge in [0, 0.05) is 7.05 Å². The van der Waals surface area contributed by atoms with E-state index >= 15 is 0 Å². The van der Waals surface area contributed by atoms with E-state index in [0.717, 1.165) is 4.68 Å². The summed E-state index contributed by atoms with van der Waals surface area (Å²) in [6, 6.07) is 0. The smallest absolute Gasteiger partial charge is 0.271 e. The third-order valence-corrected chi connectivity index (χ3v) is 2.65. The van der Waals surface area contributed by atoms with Crippen molar-refractivity contribution in [3.8, 4) is 0 Å². The lowest BCUT2D eigenvalue weighted by molar-refractivity contribution is -0.143. The van der Waals surface area contributed by atoms with E-state index in [0.29, 0.717) is 0 Å². The highest BCUT2D eigenvalue weighted by molar-refractivity contribution is 7.72. The van der Waals surface area contributed by atoms with Crippen molar-refractivity contribution in [1.29, 1.82) is 0 Å². The maximum absolute atomic E-state index is 12.3. The van der Waals surface area contributed by atoms with Gasteiger partial charge in [-0.1, -0.05) is 0 Å². The largest absolute Gasteiger partial charge is 0.436 e. The number of aryl methyl sites for hydroxylation is 1. The lowest BCUT2D eigenvalue weighted by Crippen LogP contribution is -2.09. The zero-order chi connectivity index (χ0) is 11.1. The normalized spacial score (nSPS) is 12.4. The van der Waals surface area contributed by atoms with Crippen LogP contribution in [0.1, 0.15) is 11.4 Å².